The van der Waals surface area contributed by atoms with Crippen LogP contribution < -0.4 is 20.7 Å². The van der Waals surface area contributed by atoms with Gasteiger partial charge < -0.3 is 25.4 Å². The molecule has 1 amide bonds. The number of methoxy groups -OCH3 is 1. The highest BCUT2D eigenvalue weighted by molar-refractivity contribution is 14.0. The lowest BCUT2D eigenvalue weighted by Crippen LogP contribution is -2.42. The second-order valence-corrected chi connectivity index (χ2v) is 7.50. The molecule has 31 heavy (non-hydrogen) atoms. The predicted octanol–water partition coefficient (Wildman–Crippen LogP) is 3.08. The van der Waals surface area contributed by atoms with E-state index in [2.05, 4.69) is 26.0 Å². The largest absolute Gasteiger partial charge is 0.497 e. The molecule has 0 aliphatic rings. The Kier molecular flexibility index (Phi) is 11.2. The van der Waals surface area contributed by atoms with Crippen LogP contribution in [0.25, 0.3) is 5.69 Å². The average molecular weight is 544 g/mol. The van der Waals surface area contributed by atoms with E-state index in [0.717, 1.165) is 23.7 Å². The zero-order chi connectivity index (χ0) is 22.0. The first-order valence-corrected chi connectivity index (χ1v) is 9.98. The number of guanidine groups is 1. The summed E-state index contributed by atoms with van der Waals surface area (Å²) in [5, 5.41) is 13.6. The third kappa shape index (κ3) is 9.90. The van der Waals surface area contributed by atoms with Crippen molar-refractivity contribution in [3.05, 3.63) is 42.2 Å². The van der Waals surface area contributed by atoms with E-state index in [4.69, 9.17) is 9.47 Å². The molecule has 9 nitrogen and oxygen atoms in total. The summed E-state index contributed by atoms with van der Waals surface area (Å²) in [5.74, 6) is 1.46. The van der Waals surface area contributed by atoms with Crippen LogP contribution in [0.5, 0.6) is 5.75 Å². The number of hydrogen-bond donors (Lipinski definition) is 3. The van der Waals surface area contributed by atoms with E-state index >= 15 is 0 Å². The van der Waals surface area contributed by atoms with Gasteiger partial charge in [-0.2, -0.15) is 5.10 Å². The molecule has 2 aromatic rings. The monoisotopic (exact) mass is 544 g/mol. The van der Waals surface area contributed by atoms with Crippen molar-refractivity contribution in [1.29, 1.82) is 0 Å². The second-order valence-electron chi connectivity index (χ2n) is 7.50. The number of nitrogens with zero attached hydrogens (tertiary/aromatic N) is 3. The highest BCUT2D eigenvalue weighted by Crippen LogP contribution is 2.14. The van der Waals surface area contributed by atoms with E-state index in [1.807, 2.05) is 64.2 Å². The lowest BCUT2D eigenvalue weighted by Gasteiger charge is -2.19. The minimum absolute atomic E-state index is 0. The van der Waals surface area contributed by atoms with E-state index in [1.54, 1.807) is 11.8 Å². The van der Waals surface area contributed by atoms with Crippen LogP contribution in [0.2, 0.25) is 0 Å². The van der Waals surface area contributed by atoms with Crippen molar-refractivity contribution in [3.8, 4) is 11.4 Å². The number of aliphatic imine (C=N–C) groups is 1. The molecule has 0 bridgehead atoms. The standard InChI is InChI=1S/C21H32N6O3.HI/c1-6-22-19(23-12-13-24-20(28)30-21(2,3)4)25-15-16-11-14-27(26-16)17-7-9-18(29-5)10-8-17;/h7-11,14H,6,12-13,15H2,1-5H3,(H,24,28)(H2,22,23,25);1H. The summed E-state index contributed by atoms with van der Waals surface area (Å²) in [7, 11) is 1.64. The Labute approximate surface area is 201 Å². The first kappa shape index (κ1) is 26.5. The van der Waals surface area contributed by atoms with Gasteiger partial charge in [0, 0.05) is 25.8 Å². The molecule has 0 fully saturated rings. The quantitative estimate of drug-likeness (QED) is 0.205. The van der Waals surface area contributed by atoms with Crippen molar-refractivity contribution in [2.75, 3.05) is 26.7 Å². The van der Waals surface area contributed by atoms with Crippen LogP contribution in [-0.2, 0) is 11.3 Å². The van der Waals surface area contributed by atoms with Gasteiger partial charge in [0.05, 0.1) is 25.0 Å². The predicted molar refractivity (Wildman–Crippen MR) is 133 cm³/mol. The maximum Gasteiger partial charge on any atom is 0.407 e. The van der Waals surface area contributed by atoms with Gasteiger partial charge in [-0.15, -0.1) is 24.0 Å². The number of ether oxygens (including phenoxy) is 2. The molecule has 172 valence electrons. The third-order valence-corrected chi connectivity index (χ3v) is 3.81. The van der Waals surface area contributed by atoms with Crippen LogP contribution in [0.4, 0.5) is 4.79 Å². The number of nitrogens with one attached hydrogen (secondary N) is 3. The van der Waals surface area contributed by atoms with Gasteiger partial charge in [0.25, 0.3) is 0 Å². The van der Waals surface area contributed by atoms with Crippen LogP contribution in [0.3, 0.4) is 0 Å². The lowest BCUT2D eigenvalue weighted by molar-refractivity contribution is 0.0529. The third-order valence-electron chi connectivity index (χ3n) is 3.81. The fraction of sp³-hybridized carbons (Fsp3) is 0.476. The molecule has 0 unspecified atom stereocenters. The van der Waals surface area contributed by atoms with Gasteiger partial charge in [-0.1, -0.05) is 0 Å². The van der Waals surface area contributed by atoms with Crippen molar-refractivity contribution < 1.29 is 14.3 Å². The fourth-order valence-electron chi connectivity index (χ4n) is 2.49. The fourth-order valence-corrected chi connectivity index (χ4v) is 2.49. The number of rotatable bonds is 8. The first-order valence-electron chi connectivity index (χ1n) is 9.98. The Morgan fingerprint density at radius 2 is 1.77 bits per heavy atom. The minimum Gasteiger partial charge on any atom is -0.497 e. The van der Waals surface area contributed by atoms with Crippen LogP contribution in [0.1, 0.15) is 33.4 Å². The zero-order valence-corrected chi connectivity index (χ0v) is 21.1. The Balaban J connectivity index is 0.00000480. The Morgan fingerprint density at radius 1 is 1.10 bits per heavy atom. The molecule has 0 aliphatic carbocycles. The summed E-state index contributed by atoms with van der Waals surface area (Å²) < 4.78 is 12.2. The van der Waals surface area contributed by atoms with E-state index in [1.165, 1.54) is 0 Å². The molecule has 0 radical (unpaired) electrons. The van der Waals surface area contributed by atoms with Gasteiger partial charge >= 0.3 is 6.09 Å². The molecule has 10 heteroatoms. The smallest absolute Gasteiger partial charge is 0.407 e. The number of hydrogen-bond acceptors (Lipinski definition) is 5. The van der Waals surface area contributed by atoms with E-state index in [0.29, 0.717) is 25.6 Å². The topological polar surface area (TPSA) is 102 Å². The van der Waals surface area contributed by atoms with Gasteiger partial charge in [0.1, 0.15) is 11.4 Å². The number of carbonyl (C=O) groups excluding carboxylic acids is 1. The SMILES string of the molecule is CCNC(=NCc1ccn(-c2ccc(OC)cc2)n1)NCCNC(=O)OC(C)(C)C.I. The summed E-state index contributed by atoms with van der Waals surface area (Å²) in [6, 6.07) is 9.62. The van der Waals surface area contributed by atoms with Gasteiger partial charge in [0.2, 0.25) is 0 Å². The molecule has 0 saturated heterocycles. The van der Waals surface area contributed by atoms with Crippen molar-refractivity contribution >= 4 is 36.0 Å². The highest BCUT2D eigenvalue weighted by atomic mass is 127. The number of amides is 1. The summed E-state index contributed by atoms with van der Waals surface area (Å²) in [5.41, 5.74) is 1.28. The molecule has 1 heterocycles. The Hall–Kier alpha value is -2.50. The van der Waals surface area contributed by atoms with Gasteiger partial charge in [-0.25, -0.2) is 14.5 Å². The van der Waals surface area contributed by atoms with E-state index in [-0.39, 0.29) is 24.0 Å². The van der Waals surface area contributed by atoms with Crippen LogP contribution in [0.15, 0.2) is 41.5 Å². The highest BCUT2D eigenvalue weighted by Gasteiger charge is 2.15. The lowest BCUT2D eigenvalue weighted by atomic mass is 10.2. The molecule has 0 aliphatic heterocycles. The van der Waals surface area contributed by atoms with Gasteiger partial charge in [-0.05, 0) is 58.0 Å². The molecular formula is C21H33IN6O3. The minimum atomic E-state index is -0.511. The molecule has 3 N–H and O–H groups in total. The van der Waals surface area contributed by atoms with Crippen LogP contribution in [-0.4, -0.2) is 54.2 Å². The van der Waals surface area contributed by atoms with Crippen molar-refractivity contribution in [2.24, 2.45) is 4.99 Å². The molecule has 0 atom stereocenters. The van der Waals surface area contributed by atoms with Crippen LogP contribution >= 0.6 is 24.0 Å². The number of aromatic nitrogens is 2. The summed E-state index contributed by atoms with van der Waals surface area (Å²) in [6.45, 7) is 9.58. The second kappa shape index (κ2) is 13.0. The summed E-state index contributed by atoms with van der Waals surface area (Å²) in [4.78, 5) is 16.2. The number of benzene rings is 1. The van der Waals surface area contributed by atoms with Crippen molar-refractivity contribution in [2.45, 2.75) is 39.8 Å². The van der Waals surface area contributed by atoms with Gasteiger partial charge in [-0.3, -0.25) is 0 Å². The summed E-state index contributed by atoms with van der Waals surface area (Å²) >= 11 is 0. The normalized spacial score (nSPS) is 11.3. The van der Waals surface area contributed by atoms with Crippen LogP contribution in [0, 0.1) is 0 Å². The van der Waals surface area contributed by atoms with Crippen molar-refractivity contribution in [1.82, 2.24) is 25.7 Å². The zero-order valence-electron chi connectivity index (χ0n) is 18.8. The van der Waals surface area contributed by atoms with Crippen molar-refractivity contribution in [3.63, 3.8) is 0 Å². The molecular weight excluding hydrogens is 511 g/mol. The Bertz CT molecular complexity index is 830. The van der Waals surface area contributed by atoms with Gasteiger partial charge in [0.15, 0.2) is 5.96 Å². The summed E-state index contributed by atoms with van der Waals surface area (Å²) in [6.07, 6.45) is 1.47. The number of halogens is 1. The number of carbonyl (C=O) groups is 1. The number of alkyl carbamates (subject to hydrolysis) is 1. The molecule has 0 spiro atoms. The molecule has 2 rings (SSSR count). The molecule has 0 saturated carbocycles. The van der Waals surface area contributed by atoms with E-state index in [9.17, 15) is 4.79 Å². The maximum atomic E-state index is 11.7. The van der Waals surface area contributed by atoms with E-state index < -0.39 is 11.7 Å². The maximum absolute atomic E-state index is 11.7. The molecule has 1 aromatic carbocycles. The first-order chi connectivity index (χ1) is 14.3. The average Bonchev–Trinajstić information content (AvgIpc) is 3.17. The Morgan fingerprint density at radius 3 is 2.39 bits per heavy atom. The molecule has 1 aromatic heterocycles.